The Morgan fingerprint density at radius 1 is 1.67 bits per heavy atom. The number of anilines is 1. The van der Waals surface area contributed by atoms with Crippen molar-refractivity contribution in [3.05, 3.63) is 33.9 Å². The quantitative estimate of drug-likeness (QED) is 0.473. The number of non-ortho nitro benzene ring substituents is 1. The number of carboxylic acids is 1. The van der Waals surface area contributed by atoms with Crippen molar-refractivity contribution in [2.45, 2.75) is 19.4 Å². The highest BCUT2D eigenvalue weighted by atomic mass is 16.6. The van der Waals surface area contributed by atoms with E-state index >= 15 is 0 Å². The van der Waals surface area contributed by atoms with E-state index in [1.165, 1.54) is 12.1 Å². The smallest absolute Gasteiger partial charge is 0.337 e. The molecule has 1 aromatic rings. The highest BCUT2D eigenvalue weighted by Gasteiger charge is 2.16. The van der Waals surface area contributed by atoms with E-state index in [0.29, 0.717) is 6.42 Å². The van der Waals surface area contributed by atoms with Gasteiger partial charge in [-0.15, -0.1) is 6.42 Å². The highest BCUT2D eigenvalue weighted by molar-refractivity contribution is 5.94. The fourth-order valence-electron chi connectivity index (χ4n) is 1.40. The molecule has 1 atom stereocenters. The molecule has 6 nitrogen and oxygen atoms in total. The Bertz CT molecular complexity index is 519. The number of rotatable bonds is 5. The topological polar surface area (TPSA) is 92.5 Å². The van der Waals surface area contributed by atoms with Crippen LogP contribution in [0.1, 0.15) is 23.7 Å². The second kappa shape index (κ2) is 5.68. The van der Waals surface area contributed by atoms with Crippen LogP contribution in [0.25, 0.3) is 0 Å². The SMILES string of the molecule is C#CC(CC)Nc1cc([N+](=O)[O-])ccc1C(=O)O. The Kier molecular flexibility index (Phi) is 4.27. The van der Waals surface area contributed by atoms with Gasteiger partial charge in [0.1, 0.15) is 0 Å². The molecule has 0 radical (unpaired) electrons. The molecule has 0 heterocycles. The van der Waals surface area contributed by atoms with Crippen LogP contribution in [0.3, 0.4) is 0 Å². The van der Waals surface area contributed by atoms with Crippen LogP contribution in [0, 0.1) is 22.5 Å². The number of hydrogen-bond acceptors (Lipinski definition) is 4. The Balaban J connectivity index is 3.20. The number of terminal acetylenes is 1. The number of hydrogen-bond donors (Lipinski definition) is 2. The van der Waals surface area contributed by atoms with Gasteiger partial charge in [0.25, 0.3) is 5.69 Å². The summed E-state index contributed by atoms with van der Waals surface area (Å²) in [5, 5.41) is 22.4. The zero-order valence-electron chi connectivity index (χ0n) is 9.71. The molecule has 0 amide bonds. The molecular weight excluding hydrogens is 236 g/mol. The molecule has 0 saturated heterocycles. The summed E-state index contributed by atoms with van der Waals surface area (Å²) in [5.41, 5.74) is -0.0785. The van der Waals surface area contributed by atoms with Gasteiger partial charge < -0.3 is 10.4 Å². The van der Waals surface area contributed by atoms with Gasteiger partial charge in [-0.25, -0.2) is 4.79 Å². The number of carboxylic acid groups (broad SMARTS) is 1. The summed E-state index contributed by atoms with van der Waals surface area (Å²) >= 11 is 0. The number of nitrogens with one attached hydrogen (secondary N) is 1. The van der Waals surface area contributed by atoms with E-state index < -0.39 is 10.9 Å². The van der Waals surface area contributed by atoms with Crippen LogP contribution in [-0.4, -0.2) is 22.0 Å². The lowest BCUT2D eigenvalue weighted by molar-refractivity contribution is -0.384. The first kappa shape index (κ1) is 13.5. The van der Waals surface area contributed by atoms with E-state index in [0.717, 1.165) is 6.07 Å². The predicted octanol–water partition coefficient (Wildman–Crippen LogP) is 2.12. The molecule has 0 aliphatic rings. The molecule has 1 rings (SSSR count). The minimum absolute atomic E-state index is 0.0469. The summed E-state index contributed by atoms with van der Waals surface area (Å²) < 4.78 is 0. The van der Waals surface area contributed by atoms with Crippen LogP contribution >= 0.6 is 0 Å². The average molecular weight is 248 g/mol. The zero-order valence-corrected chi connectivity index (χ0v) is 9.71. The summed E-state index contributed by atoms with van der Waals surface area (Å²) in [5.74, 6) is 1.27. The molecule has 0 saturated carbocycles. The zero-order chi connectivity index (χ0) is 13.7. The number of aromatic carboxylic acids is 1. The molecule has 0 bridgehead atoms. The largest absolute Gasteiger partial charge is 0.478 e. The van der Waals surface area contributed by atoms with Gasteiger partial charge >= 0.3 is 5.97 Å². The van der Waals surface area contributed by atoms with E-state index in [9.17, 15) is 14.9 Å². The lowest BCUT2D eigenvalue weighted by atomic mass is 10.1. The van der Waals surface area contributed by atoms with Crippen LogP contribution in [0.4, 0.5) is 11.4 Å². The molecule has 0 fully saturated rings. The van der Waals surface area contributed by atoms with Crippen molar-refractivity contribution in [2.24, 2.45) is 0 Å². The van der Waals surface area contributed by atoms with Gasteiger partial charge in [-0.05, 0) is 12.5 Å². The Morgan fingerprint density at radius 3 is 2.78 bits per heavy atom. The first-order valence-electron chi connectivity index (χ1n) is 5.24. The maximum Gasteiger partial charge on any atom is 0.337 e. The van der Waals surface area contributed by atoms with Crippen LogP contribution in [-0.2, 0) is 0 Å². The molecule has 6 heteroatoms. The fourth-order valence-corrected chi connectivity index (χ4v) is 1.40. The van der Waals surface area contributed by atoms with E-state index in [-0.39, 0.29) is 23.0 Å². The summed E-state index contributed by atoms with van der Waals surface area (Å²) in [6.07, 6.45) is 5.84. The van der Waals surface area contributed by atoms with Crippen molar-refractivity contribution in [3.63, 3.8) is 0 Å². The van der Waals surface area contributed by atoms with Crippen molar-refractivity contribution in [1.29, 1.82) is 0 Å². The molecule has 94 valence electrons. The van der Waals surface area contributed by atoms with E-state index in [4.69, 9.17) is 11.5 Å². The van der Waals surface area contributed by atoms with Gasteiger partial charge in [-0.2, -0.15) is 0 Å². The molecule has 2 N–H and O–H groups in total. The number of nitro groups is 1. The lowest BCUT2D eigenvalue weighted by Crippen LogP contribution is -2.18. The van der Waals surface area contributed by atoms with E-state index in [1.807, 2.05) is 6.92 Å². The standard InChI is InChI=1S/C12H12N2O4/c1-3-8(4-2)13-11-7-9(14(17)18)5-6-10(11)12(15)16/h1,5-8,13H,4H2,2H3,(H,15,16). The van der Waals surface area contributed by atoms with Gasteiger partial charge in [0, 0.05) is 12.1 Å². The lowest BCUT2D eigenvalue weighted by Gasteiger charge is -2.14. The molecule has 0 aliphatic carbocycles. The van der Waals surface area contributed by atoms with E-state index in [1.54, 1.807) is 0 Å². The molecule has 0 spiro atoms. The normalized spacial score (nSPS) is 11.3. The molecule has 0 aromatic heterocycles. The van der Waals surface area contributed by atoms with Crippen molar-refractivity contribution in [2.75, 3.05) is 5.32 Å². The van der Waals surface area contributed by atoms with Gasteiger partial charge in [0.15, 0.2) is 0 Å². The van der Waals surface area contributed by atoms with Crippen LogP contribution in [0.2, 0.25) is 0 Å². The average Bonchev–Trinajstić information content (AvgIpc) is 2.35. The van der Waals surface area contributed by atoms with Gasteiger partial charge in [-0.1, -0.05) is 12.8 Å². The predicted molar refractivity (Wildman–Crippen MR) is 66.6 cm³/mol. The molecule has 18 heavy (non-hydrogen) atoms. The molecule has 1 unspecified atom stereocenters. The van der Waals surface area contributed by atoms with Gasteiger partial charge in [-0.3, -0.25) is 10.1 Å². The first-order valence-corrected chi connectivity index (χ1v) is 5.24. The van der Waals surface area contributed by atoms with Crippen LogP contribution < -0.4 is 5.32 Å². The van der Waals surface area contributed by atoms with Crippen LogP contribution in [0.15, 0.2) is 18.2 Å². The molecule has 0 aliphatic heterocycles. The summed E-state index contributed by atoms with van der Waals surface area (Å²) in [7, 11) is 0. The fraction of sp³-hybridized carbons (Fsp3) is 0.250. The highest BCUT2D eigenvalue weighted by Crippen LogP contribution is 2.23. The Morgan fingerprint density at radius 2 is 2.33 bits per heavy atom. The monoisotopic (exact) mass is 248 g/mol. The second-order valence-corrected chi connectivity index (χ2v) is 3.56. The van der Waals surface area contributed by atoms with Crippen LogP contribution in [0.5, 0.6) is 0 Å². The van der Waals surface area contributed by atoms with Gasteiger partial charge in [0.05, 0.1) is 22.2 Å². The number of nitrogens with zero attached hydrogens (tertiary/aromatic N) is 1. The first-order chi connectivity index (χ1) is 8.49. The molecule has 1 aromatic carbocycles. The summed E-state index contributed by atoms with van der Waals surface area (Å²) in [6.45, 7) is 1.83. The van der Waals surface area contributed by atoms with Crippen molar-refractivity contribution in [3.8, 4) is 12.3 Å². The maximum atomic E-state index is 11.0. The van der Waals surface area contributed by atoms with E-state index in [2.05, 4.69) is 11.2 Å². The summed E-state index contributed by atoms with van der Waals surface area (Å²) in [4.78, 5) is 21.1. The third kappa shape index (κ3) is 2.98. The van der Waals surface area contributed by atoms with Gasteiger partial charge in [0.2, 0.25) is 0 Å². The van der Waals surface area contributed by atoms with Crippen molar-refractivity contribution >= 4 is 17.3 Å². The Labute approximate surface area is 104 Å². The third-order valence-electron chi connectivity index (χ3n) is 2.38. The summed E-state index contributed by atoms with van der Waals surface area (Å²) in [6, 6.07) is 3.13. The molecular formula is C12H12N2O4. The Hall–Kier alpha value is -2.55. The second-order valence-electron chi connectivity index (χ2n) is 3.56. The number of nitro benzene ring substituents is 1. The number of carbonyl (C=O) groups is 1. The minimum atomic E-state index is -1.17. The number of benzene rings is 1. The third-order valence-corrected chi connectivity index (χ3v) is 2.38. The van der Waals surface area contributed by atoms with Crippen molar-refractivity contribution in [1.82, 2.24) is 0 Å². The maximum absolute atomic E-state index is 11.0. The minimum Gasteiger partial charge on any atom is -0.478 e. The van der Waals surface area contributed by atoms with Crippen molar-refractivity contribution < 1.29 is 14.8 Å².